The van der Waals surface area contributed by atoms with Crippen molar-refractivity contribution in [3.8, 4) is 5.88 Å². The van der Waals surface area contributed by atoms with Crippen LogP contribution in [0.2, 0.25) is 0 Å². The molecule has 1 atom stereocenters. The Hall–Kier alpha value is -2.05. The summed E-state index contributed by atoms with van der Waals surface area (Å²) in [6.07, 6.45) is 5.68. The zero-order chi connectivity index (χ0) is 20.4. The maximum absolute atomic E-state index is 12.8. The van der Waals surface area contributed by atoms with Crippen LogP contribution in [0.1, 0.15) is 67.6 Å². The van der Waals surface area contributed by atoms with E-state index in [9.17, 15) is 4.79 Å². The summed E-state index contributed by atoms with van der Waals surface area (Å²) in [6, 6.07) is 10.7. The number of ether oxygens (including phenoxy) is 1. The standard InChI is InChI=1S/C23H29N3O2S/c1-4-16-7-9-18(10-8-16)29-25-20-14-23(2,3)28-21-19(20)13-17(15-24-21)22(27)26-11-5-6-12-26/h7-10,13,15,20,25H,4-6,11-12,14H2,1-3H3. The Kier molecular flexibility index (Phi) is 5.83. The Labute approximate surface area is 177 Å². The molecule has 5 nitrogen and oxygen atoms in total. The molecule has 2 aliphatic rings. The number of carbonyl (C=O) groups is 1. The van der Waals surface area contributed by atoms with Crippen LogP contribution in [-0.4, -0.2) is 34.5 Å². The van der Waals surface area contributed by atoms with Crippen molar-refractivity contribution in [1.82, 2.24) is 14.6 Å². The average Bonchev–Trinajstić information content (AvgIpc) is 3.26. The first kappa shape index (κ1) is 20.2. The van der Waals surface area contributed by atoms with Crippen molar-refractivity contribution in [3.05, 3.63) is 53.2 Å². The number of rotatable bonds is 5. The lowest BCUT2D eigenvalue weighted by atomic mass is 9.91. The number of nitrogens with one attached hydrogen (secondary N) is 1. The normalized spacial score (nSPS) is 20.2. The molecule has 0 saturated carbocycles. The maximum Gasteiger partial charge on any atom is 0.255 e. The van der Waals surface area contributed by atoms with Gasteiger partial charge < -0.3 is 9.64 Å². The Balaban J connectivity index is 1.55. The third kappa shape index (κ3) is 4.59. The van der Waals surface area contributed by atoms with Gasteiger partial charge in [-0.3, -0.25) is 9.52 Å². The second-order valence-electron chi connectivity index (χ2n) is 8.45. The highest BCUT2D eigenvalue weighted by Crippen LogP contribution is 2.40. The van der Waals surface area contributed by atoms with Gasteiger partial charge in [-0.1, -0.05) is 19.1 Å². The molecule has 1 amide bonds. The largest absolute Gasteiger partial charge is 0.471 e. The molecule has 4 rings (SSSR count). The number of fused-ring (bicyclic) bond motifs is 1. The third-order valence-electron chi connectivity index (χ3n) is 5.61. The van der Waals surface area contributed by atoms with Crippen LogP contribution in [0.3, 0.4) is 0 Å². The van der Waals surface area contributed by atoms with Crippen LogP contribution in [0.25, 0.3) is 0 Å². The topological polar surface area (TPSA) is 54.5 Å². The van der Waals surface area contributed by atoms with Crippen molar-refractivity contribution in [1.29, 1.82) is 0 Å². The van der Waals surface area contributed by atoms with Gasteiger partial charge in [0.25, 0.3) is 5.91 Å². The van der Waals surface area contributed by atoms with Gasteiger partial charge in [-0.2, -0.15) is 0 Å². The van der Waals surface area contributed by atoms with E-state index in [1.165, 1.54) is 10.5 Å². The van der Waals surface area contributed by atoms with Crippen LogP contribution in [0.4, 0.5) is 0 Å². The molecule has 2 aliphatic heterocycles. The number of carbonyl (C=O) groups excluding carboxylic acids is 1. The number of pyridine rings is 1. The number of likely N-dealkylation sites (tertiary alicyclic amines) is 1. The molecular formula is C23H29N3O2S. The van der Waals surface area contributed by atoms with E-state index < -0.39 is 0 Å². The van der Waals surface area contributed by atoms with Gasteiger partial charge in [0.15, 0.2) is 0 Å². The molecule has 0 radical (unpaired) electrons. The van der Waals surface area contributed by atoms with Crippen molar-refractivity contribution in [2.24, 2.45) is 0 Å². The Morgan fingerprint density at radius 3 is 2.69 bits per heavy atom. The van der Waals surface area contributed by atoms with E-state index >= 15 is 0 Å². The fraction of sp³-hybridized carbons (Fsp3) is 0.478. The zero-order valence-corrected chi connectivity index (χ0v) is 18.2. The van der Waals surface area contributed by atoms with Crippen molar-refractivity contribution < 1.29 is 9.53 Å². The molecule has 1 saturated heterocycles. The molecule has 6 heteroatoms. The van der Waals surface area contributed by atoms with E-state index in [4.69, 9.17) is 4.74 Å². The molecule has 0 spiro atoms. The highest BCUT2D eigenvalue weighted by atomic mass is 32.2. The monoisotopic (exact) mass is 411 g/mol. The summed E-state index contributed by atoms with van der Waals surface area (Å²) in [4.78, 5) is 20.4. The number of aryl methyl sites for hydroxylation is 1. The summed E-state index contributed by atoms with van der Waals surface area (Å²) in [6.45, 7) is 8.00. The first-order valence-electron chi connectivity index (χ1n) is 10.4. The first-order valence-corrected chi connectivity index (χ1v) is 11.3. The average molecular weight is 412 g/mol. The van der Waals surface area contributed by atoms with E-state index in [1.807, 2.05) is 11.0 Å². The van der Waals surface area contributed by atoms with Gasteiger partial charge in [-0.05, 0) is 68.8 Å². The second kappa shape index (κ2) is 8.36. The highest BCUT2D eigenvalue weighted by Gasteiger charge is 2.35. The van der Waals surface area contributed by atoms with Gasteiger partial charge in [0.1, 0.15) is 5.60 Å². The summed E-state index contributed by atoms with van der Waals surface area (Å²) in [5.74, 6) is 0.697. The summed E-state index contributed by atoms with van der Waals surface area (Å²) < 4.78 is 9.70. The van der Waals surface area contributed by atoms with E-state index in [0.29, 0.717) is 11.4 Å². The van der Waals surface area contributed by atoms with Gasteiger partial charge in [-0.15, -0.1) is 0 Å². The predicted octanol–water partition coefficient (Wildman–Crippen LogP) is 4.78. The quantitative estimate of drug-likeness (QED) is 0.718. The molecular weight excluding hydrogens is 382 g/mol. The van der Waals surface area contributed by atoms with Crippen molar-refractivity contribution in [2.75, 3.05) is 13.1 Å². The van der Waals surface area contributed by atoms with E-state index in [-0.39, 0.29) is 17.6 Å². The van der Waals surface area contributed by atoms with Gasteiger partial charge in [-0.25, -0.2) is 4.98 Å². The summed E-state index contributed by atoms with van der Waals surface area (Å²) in [7, 11) is 0. The molecule has 3 heterocycles. The Bertz CT molecular complexity index is 876. The summed E-state index contributed by atoms with van der Waals surface area (Å²) in [5, 5.41) is 0. The van der Waals surface area contributed by atoms with Crippen molar-refractivity contribution in [2.45, 2.75) is 63.0 Å². The van der Waals surface area contributed by atoms with Crippen LogP contribution < -0.4 is 9.46 Å². The third-order valence-corrected chi connectivity index (χ3v) is 6.52. The minimum atomic E-state index is -0.315. The molecule has 1 aromatic carbocycles. The molecule has 1 unspecified atom stereocenters. The fourth-order valence-electron chi connectivity index (χ4n) is 3.97. The number of hydrogen-bond donors (Lipinski definition) is 1. The zero-order valence-electron chi connectivity index (χ0n) is 17.4. The van der Waals surface area contributed by atoms with Crippen LogP contribution in [0, 0.1) is 0 Å². The van der Waals surface area contributed by atoms with Gasteiger partial charge in [0.2, 0.25) is 5.88 Å². The van der Waals surface area contributed by atoms with E-state index in [1.54, 1.807) is 18.1 Å². The Morgan fingerprint density at radius 2 is 2.00 bits per heavy atom. The molecule has 154 valence electrons. The smallest absolute Gasteiger partial charge is 0.255 e. The summed E-state index contributed by atoms with van der Waals surface area (Å²) in [5.41, 5.74) is 2.64. The molecule has 1 aromatic heterocycles. The van der Waals surface area contributed by atoms with E-state index in [0.717, 1.165) is 44.3 Å². The van der Waals surface area contributed by atoms with Crippen LogP contribution in [0.5, 0.6) is 5.88 Å². The molecule has 1 N–H and O–H groups in total. The van der Waals surface area contributed by atoms with Gasteiger partial charge in [0.05, 0.1) is 11.6 Å². The molecule has 1 fully saturated rings. The highest BCUT2D eigenvalue weighted by molar-refractivity contribution is 7.97. The molecule has 0 aliphatic carbocycles. The van der Waals surface area contributed by atoms with E-state index in [2.05, 4.69) is 54.7 Å². The molecule has 2 aromatic rings. The van der Waals surface area contributed by atoms with Crippen LogP contribution in [-0.2, 0) is 6.42 Å². The van der Waals surface area contributed by atoms with Gasteiger partial charge >= 0.3 is 0 Å². The lowest BCUT2D eigenvalue weighted by Gasteiger charge is -2.37. The number of benzene rings is 1. The maximum atomic E-state index is 12.8. The predicted molar refractivity (Wildman–Crippen MR) is 116 cm³/mol. The number of hydrogen-bond acceptors (Lipinski definition) is 5. The summed E-state index contributed by atoms with van der Waals surface area (Å²) >= 11 is 1.62. The number of amides is 1. The van der Waals surface area contributed by atoms with Crippen LogP contribution in [0.15, 0.2) is 41.4 Å². The first-order chi connectivity index (χ1) is 13.9. The van der Waals surface area contributed by atoms with Crippen molar-refractivity contribution >= 4 is 17.9 Å². The second-order valence-corrected chi connectivity index (χ2v) is 9.36. The lowest BCUT2D eigenvalue weighted by molar-refractivity contribution is 0.0642. The van der Waals surface area contributed by atoms with Crippen LogP contribution >= 0.6 is 11.9 Å². The van der Waals surface area contributed by atoms with Gasteiger partial charge in [0, 0.05) is 36.2 Å². The molecule has 0 bridgehead atoms. The SMILES string of the molecule is CCc1ccc(SNC2CC(C)(C)Oc3ncc(C(=O)N4CCCC4)cc32)cc1. The number of aromatic nitrogens is 1. The lowest BCUT2D eigenvalue weighted by Crippen LogP contribution is -2.38. The van der Waals surface area contributed by atoms with Crippen molar-refractivity contribution in [3.63, 3.8) is 0 Å². The minimum Gasteiger partial charge on any atom is -0.471 e. The minimum absolute atomic E-state index is 0.0587. The number of nitrogens with zero attached hydrogens (tertiary/aromatic N) is 2. The molecule has 29 heavy (non-hydrogen) atoms. The Morgan fingerprint density at radius 1 is 1.28 bits per heavy atom. The fourth-order valence-corrected chi connectivity index (χ4v) is 4.73.